The highest BCUT2D eigenvalue weighted by atomic mass is 35.5. The highest BCUT2D eigenvalue weighted by molar-refractivity contribution is 6.33. The van der Waals surface area contributed by atoms with E-state index in [4.69, 9.17) is 16.3 Å². The Morgan fingerprint density at radius 2 is 1.36 bits per heavy atom. The minimum Gasteiger partial charge on any atom is -0.367 e. The Morgan fingerprint density at radius 1 is 0.818 bits per heavy atom. The van der Waals surface area contributed by atoms with Gasteiger partial charge in [0, 0.05) is 32.7 Å². The number of amides is 1. The fourth-order valence-electron chi connectivity index (χ4n) is 4.07. The van der Waals surface area contributed by atoms with Gasteiger partial charge in [0.2, 0.25) is 5.91 Å². The molecule has 0 unspecified atom stereocenters. The molecule has 172 valence electrons. The molecule has 0 atom stereocenters. The number of nitrogens with zero attached hydrogens (tertiary/aromatic N) is 2. The van der Waals surface area contributed by atoms with Crippen molar-refractivity contribution in [3.05, 3.63) is 101 Å². The van der Waals surface area contributed by atoms with E-state index in [1.165, 1.54) is 0 Å². The Bertz CT molecular complexity index is 969. The van der Waals surface area contributed by atoms with Crippen LogP contribution < -0.4 is 5.32 Å². The van der Waals surface area contributed by atoms with Crippen LogP contribution in [0.3, 0.4) is 0 Å². The molecule has 1 aliphatic rings. The van der Waals surface area contributed by atoms with Crippen LogP contribution in [-0.4, -0.2) is 61.6 Å². The first-order valence-electron chi connectivity index (χ1n) is 11.4. The van der Waals surface area contributed by atoms with E-state index in [2.05, 4.69) is 63.6 Å². The molecule has 0 radical (unpaired) electrons. The molecule has 0 bridgehead atoms. The first-order chi connectivity index (χ1) is 16.2. The lowest BCUT2D eigenvalue weighted by molar-refractivity contribution is -0.117. The van der Waals surface area contributed by atoms with Crippen molar-refractivity contribution in [2.45, 2.75) is 6.10 Å². The summed E-state index contributed by atoms with van der Waals surface area (Å²) in [7, 11) is 0. The maximum atomic E-state index is 12.4. The standard InChI is InChI=1S/C27H30ClN3O2/c28-24-13-7-8-14-25(24)29-26(32)21-31-17-15-30(16-18-31)19-20-33-27(22-9-3-1-4-10-22)23-11-5-2-6-12-23/h1-14,27H,15-21H2,(H,29,32). The molecular formula is C27H30ClN3O2. The number of hydrogen-bond donors (Lipinski definition) is 1. The van der Waals surface area contributed by atoms with Crippen molar-refractivity contribution in [2.24, 2.45) is 0 Å². The maximum absolute atomic E-state index is 12.4. The van der Waals surface area contributed by atoms with Crippen LogP contribution in [0.15, 0.2) is 84.9 Å². The van der Waals surface area contributed by atoms with Gasteiger partial charge in [0.05, 0.1) is 23.9 Å². The average Bonchev–Trinajstić information content (AvgIpc) is 2.85. The second kappa shape index (κ2) is 12.0. The molecule has 0 saturated carbocycles. The number of nitrogens with one attached hydrogen (secondary N) is 1. The quantitative estimate of drug-likeness (QED) is 0.499. The summed E-state index contributed by atoms with van der Waals surface area (Å²) in [5, 5.41) is 3.46. The molecule has 4 rings (SSSR count). The molecule has 0 aliphatic carbocycles. The summed E-state index contributed by atoms with van der Waals surface area (Å²) in [4.78, 5) is 17.0. The Hall–Kier alpha value is -2.70. The monoisotopic (exact) mass is 463 g/mol. The van der Waals surface area contributed by atoms with Gasteiger partial charge >= 0.3 is 0 Å². The van der Waals surface area contributed by atoms with Crippen LogP contribution in [0, 0.1) is 0 Å². The lowest BCUT2D eigenvalue weighted by Gasteiger charge is -2.34. The summed E-state index contributed by atoms with van der Waals surface area (Å²) in [6.07, 6.45) is -0.0674. The van der Waals surface area contributed by atoms with Crippen molar-refractivity contribution < 1.29 is 9.53 Å². The number of halogens is 1. The van der Waals surface area contributed by atoms with E-state index in [0.29, 0.717) is 23.9 Å². The topological polar surface area (TPSA) is 44.8 Å². The number of ether oxygens (including phenoxy) is 1. The molecule has 3 aromatic carbocycles. The van der Waals surface area contributed by atoms with Crippen molar-refractivity contribution in [1.82, 2.24) is 9.80 Å². The highest BCUT2D eigenvalue weighted by Crippen LogP contribution is 2.25. The van der Waals surface area contributed by atoms with E-state index in [-0.39, 0.29) is 12.0 Å². The number of anilines is 1. The van der Waals surface area contributed by atoms with Crippen molar-refractivity contribution >= 4 is 23.2 Å². The fraction of sp³-hybridized carbons (Fsp3) is 0.296. The van der Waals surface area contributed by atoms with Crippen molar-refractivity contribution in [3.8, 4) is 0 Å². The number of rotatable bonds is 9. The van der Waals surface area contributed by atoms with Gasteiger partial charge in [-0.15, -0.1) is 0 Å². The second-order valence-electron chi connectivity index (χ2n) is 8.22. The first-order valence-corrected chi connectivity index (χ1v) is 11.8. The normalized spacial score (nSPS) is 15.0. The zero-order chi connectivity index (χ0) is 22.9. The lowest BCUT2D eigenvalue weighted by atomic mass is 10.0. The fourth-order valence-corrected chi connectivity index (χ4v) is 4.25. The third-order valence-corrected chi connectivity index (χ3v) is 6.21. The number of hydrogen-bond acceptors (Lipinski definition) is 4. The third kappa shape index (κ3) is 6.89. The predicted molar refractivity (Wildman–Crippen MR) is 134 cm³/mol. The van der Waals surface area contributed by atoms with Gasteiger partial charge < -0.3 is 10.1 Å². The van der Waals surface area contributed by atoms with Gasteiger partial charge in [-0.2, -0.15) is 0 Å². The van der Waals surface area contributed by atoms with Gasteiger partial charge in [0.15, 0.2) is 0 Å². The first kappa shape index (κ1) is 23.5. The minimum atomic E-state index is -0.0674. The molecule has 33 heavy (non-hydrogen) atoms. The molecule has 0 spiro atoms. The number of carbonyl (C=O) groups is 1. The number of piperazine rings is 1. The molecule has 1 amide bonds. The summed E-state index contributed by atoms with van der Waals surface area (Å²) in [5.41, 5.74) is 2.99. The third-order valence-electron chi connectivity index (χ3n) is 5.88. The molecule has 1 N–H and O–H groups in total. The van der Waals surface area contributed by atoms with E-state index in [1.807, 2.05) is 30.3 Å². The Labute approximate surface area is 200 Å². The van der Waals surface area contributed by atoms with Crippen LogP contribution in [0.1, 0.15) is 17.2 Å². The van der Waals surface area contributed by atoms with Gasteiger partial charge in [0.1, 0.15) is 6.10 Å². The summed E-state index contributed by atoms with van der Waals surface area (Å²) in [6.45, 7) is 5.46. The summed E-state index contributed by atoms with van der Waals surface area (Å²) >= 11 is 6.13. The Balaban J connectivity index is 1.22. The van der Waals surface area contributed by atoms with Crippen molar-refractivity contribution in [1.29, 1.82) is 0 Å². The van der Waals surface area contributed by atoms with Crippen LogP contribution in [0.2, 0.25) is 5.02 Å². The molecule has 1 fully saturated rings. The highest BCUT2D eigenvalue weighted by Gasteiger charge is 2.20. The molecule has 6 heteroatoms. The van der Waals surface area contributed by atoms with E-state index in [1.54, 1.807) is 6.07 Å². The van der Waals surface area contributed by atoms with Crippen molar-refractivity contribution in [2.75, 3.05) is 51.2 Å². The second-order valence-corrected chi connectivity index (χ2v) is 8.63. The van der Waals surface area contributed by atoms with Crippen LogP contribution in [0.25, 0.3) is 0 Å². The number of para-hydroxylation sites is 1. The summed E-state index contributed by atoms with van der Waals surface area (Å²) in [6, 6.07) is 28.0. The van der Waals surface area contributed by atoms with Crippen LogP contribution in [-0.2, 0) is 9.53 Å². The van der Waals surface area contributed by atoms with Gasteiger partial charge in [-0.3, -0.25) is 14.6 Å². The zero-order valence-electron chi connectivity index (χ0n) is 18.7. The SMILES string of the molecule is O=C(CN1CCN(CCOC(c2ccccc2)c2ccccc2)CC1)Nc1ccccc1Cl. The molecule has 1 heterocycles. The van der Waals surface area contributed by atoms with Gasteiger partial charge in [-0.05, 0) is 23.3 Å². The van der Waals surface area contributed by atoms with E-state index in [9.17, 15) is 4.79 Å². The van der Waals surface area contributed by atoms with Crippen LogP contribution in [0.4, 0.5) is 5.69 Å². The number of carbonyl (C=O) groups excluding carboxylic acids is 1. The van der Waals surface area contributed by atoms with E-state index < -0.39 is 0 Å². The molecule has 5 nitrogen and oxygen atoms in total. The Kier molecular flexibility index (Phi) is 8.50. The van der Waals surface area contributed by atoms with Gasteiger partial charge in [-0.1, -0.05) is 84.4 Å². The zero-order valence-corrected chi connectivity index (χ0v) is 19.5. The molecular weight excluding hydrogens is 434 g/mol. The lowest BCUT2D eigenvalue weighted by Crippen LogP contribution is -2.49. The average molecular weight is 464 g/mol. The molecule has 0 aromatic heterocycles. The Morgan fingerprint density at radius 3 is 1.97 bits per heavy atom. The van der Waals surface area contributed by atoms with Crippen LogP contribution >= 0.6 is 11.6 Å². The maximum Gasteiger partial charge on any atom is 0.238 e. The smallest absolute Gasteiger partial charge is 0.238 e. The largest absolute Gasteiger partial charge is 0.367 e. The summed E-state index contributed by atoms with van der Waals surface area (Å²) in [5.74, 6) is -0.0338. The summed E-state index contributed by atoms with van der Waals surface area (Å²) < 4.78 is 6.35. The molecule has 1 aliphatic heterocycles. The minimum absolute atomic E-state index is 0.0338. The predicted octanol–water partition coefficient (Wildman–Crippen LogP) is 4.70. The number of benzene rings is 3. The molecule has 3 aromatic rings. The van der Waals surface area contributed by atoms with Crippen LogP contribution in [0.5, 0.6) is 0 Å². The van der Waals surface area contributed by atoms with Gasteiger partial charge in [-0.25, -0.2) is 0 Å². The van der Waals surface area contributed by atoms with E-state index in [0.717, 1.165) is 43.9 Å². The van der Waals surface area contributed by atoms with E-state index >= 15 is 0 Å². The van der Waals surface area contributed by atoms with Gasteiger partial charge in [0.25, 0.3) is 0 Å². The van der Waals surface area contributed by atoms with Crippen molar-refractivity contribution in [3.63, 3.8) is 0 Å². The molecule has 1 saturated heterocycles.